The fourth-order valence-electron chi connectivity index (χ4n) is 4.03. The predicted molar refractivity (Wildman–Crippen MR) is 147 cm³/mol. The standard InChI is InChI=1S/C32H39N/c1-9-12-24(10-2)25-13-11-14-30(23-25)33(28-19-15-26(16-20-28)31(3,4)5)29-21-17-27(18-22-29)32(6,7)8/h9-23H,1-8H3/b12-9-,24-10+. The Labute approximate surface area is 201 Å². The summed E-state index contributed by atoms with van der Waals surface area (Å²) in [6, 6.07) is 26.8. The summed E-state index contributed by atoms with van der Waals surface area (Å²) in [6.45, 7) is 17.7. The molecule has 0 atom stereocenters. The van der Waals surface area contributed by atoms with Crippen molar-refractivity contribution in [2.24, 2.45) is 0 Å². The number of benzene rings is 3. The van der Waals surface area contributed by atoms with Crippen LogP contribution in [0, 0.1) is 0 Å². The van der Waals surface area contributed by atoms with E-state index < -0.39 is 0 Å². The molecule has 0 radical (unpaired) electrons. The first-order valence-corrected chi connectivity index (χ1v) is 12.0. The first-order valence-electron chi connectivity index (χ1n) is 12.0. The minimum Gasteiger partial charge on any atom is -0.310 e. The second-order valence-corrected chi connectivity index (χ2v) is 10.7. The molecule has 172 valence electrons. The highest BCUT2D eigenvalue weighted by Gasteiger charge is 2.18. The topological polar surface area (TPSA) is 3.24 Å². The van der Waals surface area contributed by atoms with Gasteiger partial charge in [0.2, 0.25) is 0 Å². The summed E-state index contributed by atoms with van der Waals surface area (Å²) in [5.74, 6) is 0. The summed E-state index contributed by atoms with van der Waals surface area (Å²) in [4.78, 5) is 2.35. The lowest BCUT2D eigenvalue weighted by Crippen LogP contribution is -2.14. The zero-order valence-corrected chi connectivity index (χ0v) is 21.6. The Morgan fingerprint density at radius 1 is 0.636 bits per heavy atom. The highest BCUT2D eigenvalue weighted by Crippen LogP contribution is 2.38. The van der Waals surface area contributed by atoms with E-state index >= 15 is 0 Å². The Hall–Kier alpha value is -3.06. The van der Waals surface area contributed by atoms with Crippen LogP contribution in [0.15, 0.2) is 91.0 Å². The molecule has 0 fully saturated rings. The van der Waals surface area contributed by atoms with E-state index in [0.717, 1.165) is 17.1 Å². The second kappa shape index (κ2) is 9.83. The highest BCUT2D eigenvalue weighted by atomic mass is 15.1. The van der Waals surface area contributed by atoms with Gasteiger partial charge in [-0.15, -0.1) is 0 Å². The maximum absolute atomic E-state index is 2.35. The number of anilines is 3. The molecule has 3 rings (SSSR count). The average Bonchev–Trinajstić information content (AvgIpc) is 2.77. The molecule has 0 saturated carbocycles. The van der Waals surface area contributed by atoms with Gasteiger partial charge in [-0.05, 0) is 83.3 Å². The molecule has 0 aromatic heterocycles. The van der Waals surface area contributed by atoms with Crippen LogP contribution in [0.25, 0.3) is 5.57 Å². The van der Waals surface area contributed by atoms with Crippen LogP contribution in [-0.4, -0.2) is 0 Å². The van der Waals surface area contributed by atoms with Gasteiger partial charge in [-0.25, -0.2) is 0 Å². The van der Waals surface area contributed by atoms with Crippen LogP contribution < -0.4 is 4.90 Å². The zero-order valence-electron chi connectivity index (χ0n) is 21.6. The van der Waals surface area contributed by atoms with E-state index in [4.69, 9.17) is 0 Å². The van der Waals surface area contributed by atoms with Gasteiger partial charge >= 0.3 is 0 Å². The summed E-state index contributed by atoms with van der Waals surface area (Å²) in [6.07, 6.45) is 6.43. The third kappa shape index (κ3) is 5.85. The molecule has 3 aromatic carbocycles. The van der Waals surface area contributed by atoms with Crippen molar-refractivity contribution < 1.29 is 0 Å². The van der Waals surface area contributed by atoms with Crippen LogP contribution >= 0.6 is 0 Å². The maximum Gasteiger partial charge on any atom is 0.0467 e. The molecule has 1 nitrogen and oxygen atoms in total. The van der Waals surface area contributed by atoms with Gasteiger partial charge in [0.15, 0.2) is 0 Å². The monoisotopic (exact) mass is 437 g/mol. The fourth-order valence-corrected chi connectivity index (χ4v) is 4.03. The number of rotatable bonds is 5. The Morgan fingerprint density at radius 3 is 1.52 bits per heavy atom. The Balaban J connectivity index is 2.14. The molecule has 0 aliphatic carbocycles. The van der Waals surface area contributed by atoms with Gasteiger partial charge in [-0.3, -0.25) is 0 Å². The lowest BCUT2D eigenvalue weighted by Gasteiger charge is -2.28. The SMILES string of the molecule is C/C=C\C(=C/C)c1cccc(N(c2ccc(C(C)(C)C)cc2)c2ccc(C(C)(C)C)cc2)c1. The van der Waals surface area contributed by atoms with Gasteiger partial charge in [0.1, 0.15) is 0 Å². The fraction of sp³-hybridized carbons (Fsp3) is 0.312. The van der Waals surface area contributed by atoms with Crippen LogP contribution in [0.1, 0.15) is 72.1 Å². The molecule has 0 bridgehead atoms. The van der Waals surface area contributed by atoms with Crippen molar-refractivity contribution >= 4 is 22.6 Å². The van der Waals surface area contributed by atoms with Crippen LogP contribution in [-0.2, 0) is 10.8 Å². The Morgan fingerprint density at radius 2 is 1.12 bits per heavy atom. The van der Waals surface area contributed by atoms with Crippen LogP contribution in [0.4, 0.5) is 17.1 Å². The van der Waals surface area contributed by atoms with E-state index in [1.165, 1.54) is 22.3 Å². The Kier molecular flexibility index (Phi) is 7.32. The quantitative estimate of drug-likeness (QED) is 0.359. The van der Waals surface area contributed by atoms with Crippen molar-refractivity contribution in [3.05, 3.63) is 108 Å². The number of hydrogen-bond donors (Lipinski definition) is 0. The molecule has 0 heterocycles. The number of allylic oxidation sites excluding steroid dienone is 4. The molecule has 0 spiro atoms. The molecule has 1 heteroatoms. The van der Waals surface area contributed by atoms with Crippen LogP contribution in [0.2, 0.25) is 0 Å². The normalized spacial score (nSPS) is 12.9. The summed E-state index contributed by atoms with van der Waals surface area (Å²) in [5, 5.41) is 0. The van der Waals surface area contributed by atoms with Gasteiger partial charge in [-0.2, -0.15) is 0 Å². The van der Waals surface area contributed by atoms with Crippen molar-refractivity contribution in [1.82, 2.24) is 0 Å². The van der Waals surface area contributed by atoms with Gasteiger partial charge in [0.25, 0.3) is 0 Å². The molecule has 0 N–H and O–H groups in total. The minimum absolute atomic E-state index is 0.130. The van der Waals surface area contributed by atoms with E-state index in [0.29, 0.717) is 0 Å². The van der Waals surface area contributed by atoms with Crippen molar-refractivity contribution in [2.45, 2.75) is 66.2 Å². The first-order chi connectivity index (χ1) is 15.5. The van der Waals surface area contributed by atoms with Gasteiger partial charge in [0, 0.05) is 17.1 Å². The Bertz CT molecular complexity index is 1060. The molecule has 0 unspecified atom stereocenters. The smallest absolute Gasteiger partial charge is 0.0467 e. The summed E-state index contributed by atoms with van der Waals surface area (Å²) >= 11 is 0. The van der Waals surface area contributed by atoms with Crippen molar-refractivity contribution in [2.75, 3.05) is 4.90 Å². The number of hydrogen-bond acceptors (Lipinski definition) is 1. The van der Waals surface area contributed by atoms with Crippen molar-refractivity contribution in [3.63, 3.8) is 0 Å². The van der Waals surface area contributed by atoms with Gasteiger partial charge in [-0.1, -0.05) is 96.2 Å². The van der Waals surface area contributed by atoms with Gasteiger partial charge < -0.3 is 4.90 Å². The molecule has 0 saturated heterocycles. The zero-order chi connectivity index (χ0) is 24.2. The van der Waals surface area contributed by atoms with Crippen LogP contribution in [0.5, 0.6) is 0 Å². The van der Waals surface area contributed by atoms with E-state index in [9.17, 15) is 0 Å². The third-order valence-corrected chi connectivity index (χ3v) is 6.08. The van der Waals surface area contributed by atoms with E-state index in [2.05, 4.69) is 151 Å². The predicted octanol–water partition coefficient (Wildman–Crippen LogP) is 9.73. The summed E-state index contributed by atoms with van der Waals surface area (Å²) < 4.78 is 0. The second-order valence-electron chi connectivity index (χ2n) is 10.7. The highest BCUT2D eigenvalue weighted by molar-refractivity contribution is 5.81. The summed E-state index contributed by atoms with van der Waals surface area (Å²) in [7, 11) is 0. The molecular weight excluding hydrogens is 398 g/mol. The van der Waals surface area contributed by atoms with E-state index in [-0.39, 0.29) is 10.8 Å². The lowest BCUT2D eigenvalue weighted by atomic mass is 9.86. The molecular formula is C32H39N. The first kappa shape index (κ1) is 24.6. The maximum atomic E-state index is 2.35. The molecule has 0 aliphatic heterocycles. The van der Waals surface area contributed by atoms with Crippen LogP contribution in [0.3, 0.4) is 0 Å². The van der Waals surface area contributed by atoms with E-state index in [1.807, 2.05) is 0 Å². The number of nitrogens with zero attached hydrogens (tertiary/aromatic N) is 1. The third-order valence-electron chi connectivity index (χ3n) is 6.08. The summed E-state index contributed by atoms with van der Waals surface area (Å²) in [5.41, 5.74) is 8.87. The molecule has 0 aliphatic rings. The molecule has 3 aromatic rings. The largest absolute Gasteiger partial charge is 0.310 e. The minimum atomic E-state index is 0.130. The van der Waals surface area contributed by atoms with Gasteiger partial charge in [0.05, 0.1) is 0 Å². The van der Waals surface area contributed by atoms with E-state index in [1.54, 1.807) is 0 Å². The molecule has 33 heavy (non-hydrogen) atoms. The van der Waals surface area contributed by atoms with Crippen molar-refractivity contribution in [3.8, 4) is 0 Å². The average molecular weight is 438 g/mol. The van der Waals surface area contributed by atoms with Crippen molar-refractivity contribution in [1.29, 1.82) is 0 Å². The lowest BCUT2D eigenvalue weighted by molar-refractivity contribution is 0.590. The molecule has 0 amide bonds.